The van der Waals surface area contributed by atoms with E-state index in [1.165, 1.54) is 7.05 Å². The van der Waals surface area contributed by atoms with Gasteiger partial charge in [0.15, 0.2) is 0 Å². The molecule has 18 heavy (non-hydrogen) atoms. The van der Waals surface area contributed by atoms with Crippen molar-refractivity contribution in [3.05, 3.63) is 35.4 Å². The van der Waals surface area contributed by atoms with Crippen LogP contribution in [0.4, 0.5) is 8.78 Å². The summed E-state index contributed by atoms with van der Waals surface area (Å²) in [6, 6.07) is 7.11. The molecule has 0 radical (unpaired) electrons. The second kappa shape index (κ2) is 7.06. The van der Waals surface area contributed by atoms with Gasteiger partial charge in [-0.1, -0.05) is 18.2 Å². The highest BCUT2D eigenvalue weighted by atomic mass is 19.3. The van der Waals surface area contributed by atoms with E-state index in [0.29, 0.717) is 12.0 Å². The van der Waals surface area contributed by atoms with Gasteiger partial charge in [-0.2, -0.15) is 0 Å². The number of hydrogen-bond acceptors (Lipinski definition) is 2. The zero-order valence-corrected chi connectivity index (χ0v) is 10.6. The molecule has 0 atom stereocenters. The molecule has 100 valence electrons. The monoisotopic (exact) mass is 256 g/mol. The fraction of sp³-hybridized carbons (Fsp3) is 0.462. The summed E-state index contributed by atoms with van der Waals surface area (Å²) in [6.07, 6.45) is -1.82. The molecule has 1 rings (SSSR count). The number of nitrogens with one attached hydrogen (secondary N) is 1. The summed E-state index contributed by atoms with van der Waals surface area (Å²) in [7, 11) is 3.22. The van der Waals surface area contributed by atoms with Gasteiger partial charge in [0, 0.05) is 12.6 Å². The Morgan fingerprint density at radius 2 is 2.06 bits per heavy atom. The molecule has 1 aromatic carbocycles. The molecule has 5 heteroatoms. The molecule has 3 nitrogen and oxygen atoms in total. The van der Waals surface area contributed by atoms with E-state index in [2.05, 4.69) is 5.32 Å². The first-order chi connectivity index (χ1) is 8.56. The van der Waals surface area contributed by atoms with E-state index in [1.807, 2.05) is 19.2 Å². The summed E-state index contributed by atoms with van der Waals surface area (Å²) in [6.45, 7) is 0.196. The fourth-order valence-corrected chi connectivity index (χ4v) is 1.70. The molecule has 1 aromatic rings. The normalized spacial score (nSPS) is 10.7. The van der Waals surface area contributed by atoms with Crippen LogP contribution in [0.1, 0.15) is 15.9 Å². The Balaban J connectivity index is 2.84. The van der Waals surface area contributed by atoms with Crippen LogP contribution in [0.25, 0.3) is 0 Å². The van der Waals surface area contributed by atoms with Crippen molar-refractivity contribution in [1.82, 2.24) is 10.2 Å². The average molecular weight is 256 g/mol. The van der Waals surface area contributed by atoms with Crippen LogP contribution in [0.3, 0.4) is 0 Å². The molecule has 0 aliphatic rings. The van der Waals surface area contributed by atoms with Crippen LogP contribution in [0.5, 0.6) is 0 Å². The van der Waals surface area contributed by atoms with Gasteiger partial charge in [-0.25, -0.2) is 8.78 Å². The quantitative estimate of drug-likeness (QED) is 0.841. The van der Waals surface area contributed by atoms with E-state index in [9.17, 15) is 13.6 Å². The fourth-order valence-electron chi connectivity index (χ4n) is 1.70. The number of carbonyl (C=O) groups excluding carboxylic acids is 1. The number of alkyl halides is 2. The second-order valence-corrected chi connectivity index (χ2v) is 4.09. The van der Waals surface area contributed by atoms with Crippen molar-refractivity contribution in [2.45, 2.75) is 12.8 Å². The summed E-state index contributed by atoms with van der Waals surface area (Å²) in [4.78, 5) is 13.1. The number of nitrogens with zero attached hydrogens (tertiary/aromatic N) is 1. The first kappa shape index (κ1) is 14.6. The van der Waals surface area contributed by atoms with Crippen molar-refractivity contribution < 1.29 is 13.6 Å². The Morgan fingerprint density at radius 1 is 1.39 bits per heavy atom. The molecule has 0 spiro atoms. The number of carbonyl (C=O) groups is 1. The standard InChI is InChI=1S/C13H18F2N2O/c1-16-8-7-10-5-3-4-6-11(10)13(18)17(2)9-12(14)15/h3-6,12,16H,7-9H2,1-2H3. The molecule has 0 unspecified atom stereocenters. The number of hydrogen-bond donors (Lipinski definition) is 1. The van der Waals surface area contributed by atoms with E-state index in [-0.39, 0.29) is 5.91 Å². The molecule has 0 heterocycles. The van der Waals surface area contributed by atoms with E-state index >= 15 is 0 Å². The zero-order valence-electron chi connectivity index (χ0n) is 10.6. The minimum absolute atomic E-state index is 0.359. The van der Waals surface area contributed by atoms with E-state index in [4.69, 9.17) is 0 Å². The van der Waals surface area contributed by atoms with E-state index in [1.54, 1.807) is 12.1 Å². The number of halogens is 2. The van der Waals surface area contributed by atoms with E-state index in [0.717, 1.165) is 17.0 Å². The number of likely N-dealkylation sites (N-methyl/N-ethyl adjacent to an activating group) is 1. The summed E-state index contributed by atoms with van der Waals surface area (Å²) in [5, 5.41) is 3.00. The molecule has 0 bridgehead atoms. The van der Waals surface area contributed by atoms with Crippen LogP contribution >= 0.6 is 0 Å². The summed E-state index contributed by atoms with van der Waals surface area (Å²) in [5.74, 6) is -0.359. The topological polar surface area (TPSA) is 32.3 Å². The van der Waals surface area contributed by atoms with Gasteiger partial charge < -0.3 is 10.2 Å². The first-order valence-electron chi connectivity index (χ1n) is 5.82. The Labute approximate surface area is 106 Å². The second-order valence-electron chi connectivity index (χ2n) is 4.09. The Morgan fingerprint density at radius 3 is 2.67 bits per heavy atom. The van der Waals surface area contributed by atoms with Gasteiger partial charge in [-0.15, -0.1) is 0 Å². The predicted molar refractivity (Wildman–Crippen MR) is 67.0 cm³/mol. The molecule has 0 fully saturated rings. The van der Waals surface area contributed by atoms with Crippen molar-refractivity contribution in [1.29, 1.82) is 0 Å². The summed E-state index contributed by atoms with van der Waals surface area (Å²) >= 11 is 0. The van der Waals surface area contributed by atoms with Gasteiger partial charge in [0.25, 0.3) is 12.3 Å². The lowest BCUT2D eigenvalue weighted by Gasteiger charge is -2.18. The lowest BCUT2D eigenvalue weighted by atomic mass is 10.0. The third kappa shape index (κ3) is 4.07. The van der Waals surface area contributed by atoms with Crippen LogP contribution in [0.2, 0.25) is 0 Å². The van der Waals surface area contributed by atoms with Crippen LogP contribution in [0, 0.1) is 0 Å². The maximum absolute atomic E-state index is 12.3. The van der Waals surface area contributed by atoms with Crippen LogP contribution in [-0.2, 0) is 6.42 Å². The van der Waals surface area contributed by atoms with Crippen molar-refractivity contribution in [2.24, 2.45) is 0 Å². The van der Waals surface area contributed by atoms with Crippen LogP contribution in [-0.4, -0.2) is 44.4 Å². The number of amides is 1. The van der Waals surface area contributed by atoms with Crippen molar-refractivity contribution in [3.63, 3.8) is 0 Å². The van der Waals surface area contributed by atoms with Gasteiger partial charge in [-0.05, 0) is 31.6 Å². The van der Waals surface area contributed by atoms with Gasteiger partial charge in [0.2, 0.25) is 0 Å². The van der Waals surface area contributed by atoms with E-state index < -0.39 is 13.0 Å². The lowest BCUT2D eigenvalue weighted by molar-refractivity contribution is 0.0619. The highest BCUT2D eigenvalue weighted by Crippen LogP contribution is 2.12. The highest BCUT2D eigenvalue weighted by Gasteiger charge is 2.17. The van der Waals surface area contributed by atoms with Crippen molar-refractivity contribution >= 4 is 5.91 Å². The highest BCUT2D eigenvalue weighted by molar-refractivity contribution is 5.95. The Hall–Kier alpha value is -1.49. The minimum atomic E-state index is -2.51. The summed E-state index contributed by atoms with van der Waals surface area (Å²) < 4.78 is 24.5. The predicted octanol–water partition coefficient (Wildman–Crippen LogP) is 1.79. The van der Waals surface area contributed by atoms with Gasteiger partial charge in [0.05, 0.1) is 6.54 Å². The third-order valence-corrected chi connectivity index (χ3v) is 2.65. The SMILES string of the molecule is CNCCc1ccccc1C(=O)N(C)CC(F)F. The smallest absolute Gasteiger partial charge is 0.255 e. The molecule has 0 aliphatic heterocycles. The minimum Gasteiger partial charge on any atom is -0.336 e. The Bertz CT molecular complexity index is 396. The van der Waals surface area contributed by atoms with Crippen LogP contribution < -0.4 is 5.32 Å². The molecule has 1 N–H and O–H groups in total. The van der Waals surface area contributed by atoms with Crippen molar-refractivity contribution in [2.75, 3.05) is 27.2 Å². The maximum atomic E-state index is 12.3. The first-order valence-corrected chi connectivity index (χ1v) is 5.82. The molecule has 0 saturated heterocycles. The molecule has 1 amide bonds. The van der Waals surface area contributed by atoms with Gasteiger partial charge >= 0.3 is 0 Å². The number of benzene rings is 1. The molecule has 0 aliphatic carbocycles. The molecule has 0 aromatic heterocycles. The van der Waals surface area contributed by atoms with Gasteiger partial charge in [-0.3, -0.25) is 4.79 Å². The molecular weight excluding hydrogens is 238 g/mol. The Kier molecular flexibility index (Phi) is 5.71. The largest absolute Gasteiger partial charge is 0.336 e. The molecular formula is C13H18F2N2O. The zero-order chi connectivity index (χ0) is 13.5. The third-order valence-electron chi connectivity index (χ3n) is 2.65. The number of rotatable bonds is 6. The van der Waals surface area contributed by atoms with Crippen molar-refractivity contribution in [3.8, 4) is 0 Å². The maximum Gasteiger partial charge on any atom is 0.255 e. The lowest BCUT2D eigenvalue weighted by Crippen LogP contribution is -2.32. The van der Waals surface area contributed by atoms with Gasteiger partial charge in [0.1, 0.15) is 0 Å². The average Bonchev–Trinajstić information content (AvgIpc) is 2.35. The molecule has 0 saturated carbocycles. The summed E-state index contributed by atoms with van der Waals surface area (Å²) in [5.41, 5.74) is 1.37. The van der Waals surface area contributed by atoms with Crippen LogP contribution in [0.15, 0.2) is 24.3 Å².